The topological polar surface area (TPSA) is 101 Å². The maximum absolute atomic E-state index is 12.1. The van der Waals surface area contributed by atoms with Crippen molar-refractivity contribution in [3.05, 3.63) is 35.3 Å². The molecule has 0 aliphatic carbocycles. The summed E-state index contributed by atoms with van der Waals surface area (Å²) in [5.74, 6) is -4.49. The summed E-state index contributed by atoms with van der Waals surface area (Å²) in [5.41, 5.74) is -1.66. The second-order valence-electron chi connectivity index (χ2n) is 4.03. The molecule has 0 heterocycles. The molecule has 1 atom stereocenters. The first-order chi connectivity index (χ1) is 11.1. The zero-order valence-corrected chi connectivity index (χ0v) is 10.7. The molecule has 20 heavy (non-hydrogen) atoms. The van der Waals surface area contributed by atoms with Gasteiger partial charge in [0.05, 0.1) is 29.6 Å². The predicted molar refractivity (Wildman–Crippen MR) is 69.7 cm³/mol. The van der Waals surface area contributed by atoms with E-state index in [1.54, 1.807) is 6.92 Å². The lowest BCUT2D eigenvalue weighted by atomic mass is 10.0. The number of ether oxygens (including phenoxy) is 1. The quantitative estimate of drug-likeness (QED) is 0.743. The smallest absolute Gasteiger partial charge is 0.339 e. The van der Waals surface area contributed by atoms with Crippen LogP contribution in [0.2, 0.25) is 0 Å². The zero-order chi connectivity index (χ0) is 18.6. The molecule has 0 radical (unpaired) electrons. The van der Waals surface area contributed by atoms with Gasteiger partial charge in [0.15, 0.2) is 0 Å². The monoisotopic (exact) mass is 284 g/mol. The molecule has 1 rings (SSSR count). The summed E-state index contributed by atoms with van der Waals surface area (Å²) < 4.78 is 35.2. The van der Waals surface area contributed by atoms with Gasteiger partial charge in [-0.1, -0.05) is 19.0 Å². The molecule has 6 heteroatoms. The Bertz CT molecular complexity index is 689. The fraction of sp³-hybridized carbons (Fsp3) is 0.357. The molecule has 0 bridgehead atoms. The number of carboxylic acid groups (broad SMARTS) is 2. The number of hydrogen-bond acceptors (Lipinski definition) is 4. The van der Waals surface area contributed by atoms with E-state index in [0.29, 0.717) is 6.42 Å². The second-order valence-corrected chi connectivity index (χ2v) is 4.03. The van der Waals surface area contributed by atoms with Gasteiger partial charge in [-0.25, -0.2) is 9.59 Å². The number of carboxylic acids is 2. The molecular weight excluding hydrogens is 264 g/mol. The minimum atomic E-state index is -1.69. The van der Waals surface area contributed by atoms with Gasteiger partial charge in [0.1, 0.15) is 0 Å². The summed E-state index contributed by atoms with van der Waals surface area (Å²) in [5, 5.41) is 17.9. The van der Waals surface area contributed by atoms with Gasteiger partial charge in [-0.2, -0.15) is 0 Å². The van der Waals surface area contributed by atoms with Gasteiger partial charge in [-0.3, -0.25) is 4.79 Å². The van der Waals surface area contributed by atoms with Crippen LogP contribution in [0.3, 0.4) is 0 Å². The molecule has 1 aromatic rings. The highest BCUT2D eigenvalue weighted by Gasteiger charge is 2.19. The van der Waals surface area contributed by atoms with Gasteiger partial charge in [-0.05, 0) is 18.5 Å². The fourth-order valence-electron chi connectivity index (χ4n) is 1.46. The van der Waals surface area contributed by atoms with Gasteiger partial charge < -0.3 is 14.9 Å². The Morgan fingerprint density at radius 2 is 1.85 bits per heavy atom. The maximum atomic E-state index is 12.1. The third kappa shape index (κ3) is 4.38. The molecule has 1 unspecified atom stereocenters. The van der Waals surface area contributed by atoms with Crippen molar-refractivity contribution in [3.63, 3.8) is 0 Å². The summed E-state index contributed by atoms with van der Waals surface area (Å²) >= 11 is 0. The minimum absolute atomic E-state index is 0.248. The zero-order valence-electron chi connectivity index (χ0n) is 14.7. The molecule has 0 spiro atoms. The Balaban J connectivity index is 3.19. The van der Waals surface area contributed by atoms with E-state index in [2.05, 4.69) is 0 Å². The molecule has 6 nitrogen and oxygen atoms in total. The standard InChI is InChI=1S/C14H16O6/c1-2-9(7-12(15)16)8-20-14(19)11-6-4-3-5-10(11)13(17)18/h3-6,9H,2,7-8H2,1H3,(H,15,16)(H,17,18)/i3D,4D,5D,6D. The molecule has 2 N–H and O–H groups in total. The molecule has 1 aromatic carbocycles. The Hall–Kier alpha value is -2.37. The molecule has 0 fully saturated rings. The molecule has 108 valence electrons. The molecule has 0 saturated heterocycles. The average molecular weight is 284 g/mol. The Morgan fingerprint density at radius 3 is 2.35 bits per heavy atom. The van der Waals surface area contributed by atoms with Crippen molar-refractivity contribution >= 4 is 17.9 Å². The van der Waals surface area contributed by atoms with Gasteiger partial charge in [-0.15, -0.1) is 0 Å². The maximum Gasteiger partial charge on any atom is 0.339 e. The van der Waals surface area contributed by atoms with Crippen molar-refractivity contribution in [2.45, 2.75) is 19.8 Å². The van der Waals surface area contributed by atoms with Crippen molar-refractivity contribution in [1.29, 1.82) is 0 Å². The molecule has 0 aliphatic rings. The van der Waals surface area contributed by atoms with E-state index in [1.165, 1.54) is 0 Å². The van der Waals surface area contributed by atoms with Crippen molar-refractivity contribution in [2.24, 2.45) is 5.92 Å². The van der Waals surface area contributed by atoms with Crippen LogP contribution in [0.25, 0.3) is 0 Å². The highest BCUT2D eigenvalue weighted by molar-refractivity contribution is 6.02. The van der Waals surface area contributed by atoms with Crippen molar-refractivity contribution in [2.75, 3.05) is 6.61 Å². The van der Waals surface area contributed by atoms with E-state index < -0.39 is 59.1 Å². The van der Waals surface area contributed by atoms with Crippen molar-refractivity contribution in [3.8, 4) is 0 Å². The number of esters is 1. The largest absolute Gasteiger partial charge is 0.481 e. The number of aliphatic carboxylic acids is 1. The first kappa shape index (κ1) is 10.4. The third-order valence-corrected chi connectivity index (χ3v) is 2.60. The third-order valence-electron chi connectivity index (χ3n) is 2.60. The Morgan fingerprint density at radius 1 is 1.25 bits per heavy atom. The van der Waals surface area contributed by atoms with Gasteiger partial charge in [0.25, 0.3) is 0 Å². The highest BCUT2D eigenvalue weighted by atomic mass is 16.5. The summed E-state index contributed by atoms with van der Waals surface area (Å²) in [4.78, 5) is 34.1. The van der Waals surface area contributed by atoms with Gasteiger partial charge in [0, 0.05) is 5.92 Å². The van der Waals surface area contributed by atoms with Crippen LogP contribution >= 0.6 is 0 Å². The number of hydrogen-bond donors (Lipinski definition) is 2. The van der Waals surface area contributed by atoms with Crippen LogP contribution in [-0.2, 0) is 9.53 Å². The predicted octanol–water partition coefficient (Wildman–Crippen LogP) is 2.04. The number of aromatic carboxylic acids is 1. The highest BCUT2D eigenvalue weighted by Crippen LogP contribution is 2.13. The molecule has 0 amide bonds. The Kier molecular flexibility index (Phi) is 3.79. The molecule has 0 aromatic heterocycles. The number of rotatable bonds is 7. The molecule has 0 saturated carbocycles. The molecule has 0 aliphatic heterocycles. The lowest BCUT2D eigenvalue weighted by Gasteiger charge is -2.13. The summed E-state index contributed by atoms with van der Waals surface area (Å²) in [6, 6.07) is -3.20. The van der Waals surface area contributed by atoms with Gasteiger partial charge in [0.2, 0.25) is 0 Å². The van der Waals surface area contributed by atoms with Crippen LogP contribution in [0.5, 0.6) is 0 Å². The van der Waals surface area contributed by atoms with Crippen molar-refractivity contribution < 1.29 is 34.8 Å². The molecular formula is C14H16O6. The van der Waals surface area contributed by atoms with E-state index in [-0.39, 0.29) is 13.0 Å². The number of carbonyl (C=O) groups excluding carboxylic acids is 1. The van der Waals surface area contributed by atoms with Crippen molar-refractivity contribution in [1.82, 2.24) is 0 Å². The summed E-state index contributed by atoms with van der Waals surface area (Å²) in [7, 11) is 0. The lowest BCUT2D eigenvalue weighted by Crippen LogP contribution is -2.18. The summed E-state index contributed by atoms with van der Waals surface area (Å²) in [6.07, 6.45) is 0.153. The second kappa shape index (κ2) is 7.28. The fourth-order valence-corrected chi connectivity index (χ4v) is 1.46. The normalized spacial score (nSPS) is 14.4. The first-order valence-electron chi connectivity index (χ1n) is 7.84. The van der Waals surface area contributed by atoms with Crippen LogP contribution in [0.15, 0.2) is 24.2 Å². The lowest BCUT2D eigenvalue weighted by molar-refractivity contribution is -0.138. The van der Waals surface area contributed by atoms with E-state index in [1.807, 2.05) is 0 Å². The van der Waals surface area contributed by atoms with Crippen LogP contribution in [-0.4, -0.2) is 34.7 Å². The van der Waals surface area contributed by atoms with E-state index in [4.69, 9.17) is 20.4 Å². The van der Waals surface area contributed by atoms with Gasteiger partial charge >= 0.3 is 17.9 Å². The number of carbonyl (C=O) groups is 3. The van der Waals surface area contributed by atoms with Crippen LogP contribution < -0.4 is 0 Å². The minimum Gasteiger partial charge on any atom is -0.481 e. The van der Waals surface area contributed by atoms with Crippen LogP contribution in [0, 0.1) is 5.92 Å². The Labute approximate surface area is 121 Å². The first-order valence-corrected chi connectivity index (χ1v) is 5.84. The van der Waals surface area contributed by atoms with E-state index in [0.717, 1.165) is 0 Å². The van der Waals surface area contributed by atoms with E-state index in [9.17, 15) is 14.4 Å². The average Bonchev–Trinajstić information content (AvgIpc) is 2.51. The van der Waals surface area contributed by atoms with Crippen LogP contribution in [0.4, 0.5) is 0 Å². The summed E-state index contributed by atoms with van der Waals surface area (Å²) in [6.45, 7) is 1.39. The number of benzene rings is 1. The SMILES string of the molecule is [2H]c1c([2H])c([2H])c(C(=O)OCC(CC)CC(=O)O)c(C(=O)O)c1[2H]. The van der Waals surface area contributed by atoms with Crippen LogP contribution in [0.1, 0.15) is 46.0 Å². The van der Waals surface area contributed by atoms with E-state index >= 15 is 0 Å².